The molecule has 6 N–H and O–H groups in total. The molecule has 0 aliphatic heterocycles. The van der Waals surface area contributed by atoms with Crippen LogP contribution in [0.25, 0.3) is 11.1 Å². The van der Waals surface area contributed by atoms with Crippen molar-refractivity contribution in [1.29, 1.82) is 0 Å². The van der Waals surface area contributed by atoms with Gasteiger partial charge < -0.3 is 35.8 Å². The summed E-state index contributed by atoms with van der Waals surface area (Å²) in [7, 11) is 0. The molecule has 1 heterocycles. The maximum atomic E-state index is 15.2. The van der Waals surface area contributed by atoms with Crippen molar-refractivity contribution in [2.24, 2.45) is 11.1 Å². The number of ketones is 1. The van der Waals surface area contributed by atoms with Crippen LogP contribution in [0.4, 0.5) is 8.78 Å². The normalized spacial score (nSPS) is 13.4. The number of carboxylic acids is 2. The number of nitrogens with zero attached hydrogens (tertiary/aromatic N) is 3. The van der Waals surface area contributed by atoms with Crippen LogP contribution < -0.4 is 11.1 Å². The number of aliphatic hydroxyl groups excluding tert-OH is 1. The Balaban J connectivity index is 1.37. The quantitative estimate of drug-likeness (QED) is 0.0448. The third kappa shape index (κ3) is 12.8. The molecule has 0 spiro atoms. The molecule has 0 fully saturated rings. The molecule has 2 amide bonds. The number of carbonyl (C=O) groups is 5. The summed E-state index contributed by atoms with van der Waals surface area (Å²) in [5, 5.41) is 33.4. The van der Waals surface area contributed by atoms with Gasteiger partial charge in [-0.05, 0) is 59.2 Å². The maximum Gasteiger partial charge on any atom is 0.331 e. The van der Waals surface area contributed by atoms with E-state index in [1.165, 1.54) is 9.80 Å². The first-order chi connectivity index (χ1) is 30.9. The molecule has 4 aromatic carbocycles. The molecule has 3 atom stereocenters. The van der Waals surface area contributed by atoms with E-state index in [0.717, 1.165) is 23.8 Å². The van der Waals surface area contributed by atoms with E-state index in [-0.39, 0.29) is 38.2 Å². The molecule has 0 bridgehead atoms. The second-order valence-corrected chi connectivity index (χ2v) is 17.2. The zero-order valence-corrected chi connectivity index (χ0v) is 36.8. The second kappa shape index (κ2) is 22.4. The van der Waals surface area contributed by atoms with E-state index in [1.807, 2.05) is 55.7 Å². The SMILES string of the molecule is CC(C)(C)[C@H](c1cc(-c2cc(F)ccc2F)cn1Cc1ccccc1)N(CC[C@H](N)C(=O)NCCC(=O)[C@](CCC(=O)O)(C(=O)O)N(Cc1ccccc1)Cc1ccccc1)C(=O)CO. The lowest BCUT2D eigenvalue weighted by atomic mass is 9.82. The fourth-order valence-electron chi connectivity index (χ4n) is 8.20. The molecule has 0 unspecified atom stereocenters. The molecule has 0 saturated heterocycles. The lowest BCUT2D eigenvalue weighted by Crippen LogP contribution is -2.60. The molecule has 15 heteroatoms. The molecular formula is C50H57F2N5O8. The molecule has 0 saturated carbocycles. The average molecular weight is 894 g/mol. The zero-order valence-electron chi connectivity index (χ0n) is 36.8. The number of halogens is 2. The van der Waals surface area contributed by atoms with Crippen LogP contribution in [-0.2, 0) is 43.6 Å². The number of carboxylic acid groups (broad SMARTS) is 2. The predicted molar refractivity (Wildman–Crippen MR) is 241 cm³/mol. The van der Waals surface area contributed by atoms with Crippen LogP contribution in [-0.4, -0.2) is 90.5 Å². The summed E-state index contributed by atoms with van der Waals surface area (Å²) in [4.78, 5) is 69.6. The van der Waals surface area contributed by atoms with Crippen LogP contribution in [0.3, 0.4) is 0 Å². The molecule has 344 valence electrons. The lowest BCUT2D eigenvalue weighted by Gasteiger charge is -2.41. The summed E-state index contributed by atoms with van der Waals surface area (Å²) in [6.45, 7) is 4.64. The minimum absolute atomic E-state index is 0.00321. The number of nitrogens with one attached hydrogen (secondary N) is 1. The molecule has 0 aliphatic rings. The highest BCUT2D eigenvalue weighted by atomic mass is 19.1. The van der Waals surface area contributed by atoms with E-state index in [0.29, 0.717) is 28.9 Å². The fraction of sp³-hybridized carbons (Fsp3) is 0.340. The Labute approximate surface area is 377 Å². The minimum Gasteiger partial charge on any atom is -0.481 e. The first-order valence-corrected chi connectivity index (χ1v) is 21.4. The molecule has 5 rings (SSSR count). The predicted octanol–water partition coefficient (Wildman–Crippen LogP) is 6.57. The van der Waals surface area contributed by atoms with Crippen molar-refractivity contribution in [2.75, 3.05) is 19.7 Å². The number of hydrogen-bond acceptors (Lipinski definition) is 8. The van der Waals surface area contributed by atoms with Crippen molar-refractivity contribution < 1.29 is 48.1 Å². The Hall–Kier alpha value is -6.55. The van der Waals surface area contributed by atoms with Gasteiger partial charge >= 0.3 is 11.9 Å². The smallest absolute Gasteiger partial charge is 0.331 e. The monoisotopic (exact) mass is 893 g/mol. The molecular weight excluding hydrogens is 837 g/mol. The van der Waals surface area contributed by atoms with Crippen molar-refractivity contribution in [3.8, 4) is 11.1 Å². The minimum atomic E-state index is -2.29. The Morgan fingerprint density at radius 2 is 1.35 bits per heavy atom. The van der Waals surface area contributed by atoms with E-state index in [9.17, 15) is 43.7 Å². The summed E-state index contributed by atoms with van der Waals surface area (Å²) in [6, 6.07) is 30.0. The number of aliphatic hydroxyl groups is 1. The van der Waals surface area contributed by atoms with Crippen molar-refractivity contribution in [3.63, 3.8) is 0 Å². The third-order valence-corrected chi connectivity index (χ3v) is 11.4. The molecule has 0 radical (unpaired) electrons. The van der Waals surface area contributed by atoms with Gasteiger partial charge in [0, 0.05) is 68.6 Å². The summed E-state index contributed by atoms with van der Waals surface area (Å²) >= 11 is 0. The highest BCUT2D eigenvalue weighted by Crippen LogP contribution is 2.41. The largest absolute Gasteiger partial charge is 0.481 e. The first kappa shape index (κ1) is 49.5. The van der Waals surface area contributed by atoms with Gasteiger partial charge in [0.25, 0.3) is 0 Å². The number of aromatic nitrogens is 1. The number of aliphatic carboxylic acids is 2. The van der Waals surface area contributed by atoms with E-state index in [1.54, 1.807) is 72.9 Å². The van der Waals surface area contributed by atoms with Crippen LogP contribution >= 0.6 is 0 Å². The van der Waals surface area contributed by atoms with Gasteiger partial charge in [-0.15, -0.1) is 0 Å². The summed E-state index contributed by atoms with van der Waals surface area (Å²) in [6.07, 6.45) is -0.0558. The van der Waals surface area contributed by atoms with Gasteiger partial charge in [0.2, 0.25) is 11.8 Å². The van der Waals surface area contributed by atoms with Gasteiger partial charge in [-0.25, -0.2) is 13.6 Å². The van der Waals surface area contributed by atoms with Crippen molar-refractivity contribution >= 4 is 29.5 Å². The Bertz CT molecular complexity index is 2370. The van der Waals surface area contributed by atoms with E-state index in [4.69, 9.17) is 5.73 Å². The average Bonchev–Trinajstić information content (AvgIpc) is 3.67. The number of amides is 2. The number of nitrogens with two attached hydrogens (primary N) is 1. The van der Waals surface area contributed by atoms with E-state index < -0.39 is 90.1 Å². The maximum absolute atomic E-state index is 15.2. The Kier molecular flexibility index (Phi) is 17.0. The first-order valence-electron chi connectivity index (χ1n) is 21.4. The van der Waals surface area contributed by atoms with E-state index in [2.05, 4.69) is 5.32 Å². The third-order valence-electron chi connectivity index (χ3n) is 11.4. The van der Waals surface area contributed by atoms with Crippen LogP contribution in [0.1, 0.15) is 74.9 Å². The summed E-state index contributed by atoms with van der Waals surface area (Å²) in [5.41, 5.74) is 6.61. The van der Waals surface area contributed by atoms with Gasteiger partial charge in [0.05, 0.1) is 12.1 Å². The Morgan fingerprint density at radius 1 is 0.785 bits per heavy atom. The summed E-state index contributed by atoms with van der Waals surface area (Å²) < 4.78 is 31.5. The molecule has 0 aliphatic carbocycles. The van der Waals surface area contributed by atoms with Crippen molar-refractivity contribution in [1.82, 2.24) is 19.7 Å². The van der Waals surface area contributed by atoms with Crippen LogP contribution in [0.15, 0.2) is 121 Å². The van der Waals surface area contributed by atoms with E-state index >= 15 is 4.39 Å². The standard InChI is InChI=1S/C50H57F2N5O8/c1-49(2,3)46(42-27-37(39-28-38(51)19-20-40(39)52)32-55(42)29-34-13-7-4-8-14-34)57(44(60)33-58)26-23-41(53)47(63)54-25-22-43(59)50(48(64)65,24-21-45(61)62)56(30-35-15-9-5-10-16-35)31-36-17-11-6-12-18-36/h4-20,27-28,32,41,46,58H,21-26,29-31,33,53H2,1-3H3,(H,54,63)(H,61,62)(H,64,65)/t41-,46-,50+/m0/s1. The molecule has 5 aromatic rings. The molecule has 13 nitrogen and oxygen atoms in total. The van der Waals surface area contributed by atoms with Crippen molar-refractivity contribution in [2.45, 2.75) is 83.7 Å². The van der Waals surface area contributed by atoms with Crippen LogP contribution in [0, 0.1) is 17.0 Å². The number of Topliss-reactive ketones (excluding diaryl/α,β-unsaturated/α-hetero) is 1. The number of carbonyl (C=O) groups excluding carboxylic acids is 3. The summed E-state index contributed by atoms with van der Waals surface area (Å²) in [5.74, 6) is -6.26. The van der Waals surface area contributed by atoms with Crippen LogP contribution in [0.5, 0.6) is 0 Å². The van der Waals surface area contributed by atoms with Gasteiger partial charge in [0.1, 0.15) is 18.2 Å². The lowest BCUT2D eigenvalue weighted by molar-refractivity contribution is -0.160. The van der Waals surface area contributed by atoms with Gasteiger partial charge in [-0.3, -0.25) is 24.1 Å². The number of benzene rings is 4. The van der Waals surface area contributed by atoms with Crippen molar-refractivity contribution in [3.05, 3.63) is 155 Å². The topological polar surface area (TPSA) is 196 Å². The van der Waals surface area contributed by atoms with Crippen LogP contribution in [0.2, 0.25) is 0 Å². The highest BCUT2D eigenvalue weighted by Gasteiger charge is 2.50. The number of hydrogen-bond donors (Lipinski definition) is 5. The Morgan fingerprint density at radius 3 is 1.88 bits per heavy atom. The zero-order chi connectivity index (χ0) is 47.3. The highest BCUT2D eigenvalue weighted by molar-refractivity contribution is 6.08. The van der Waals surface area contributed by atoms with Gasteiger partial charge in [-0.1, -0.05) is 112 Å². The second-order valence-electron chi connectivity index (χ2n) is 17.2. The fourth-order valence-corrected chi connectivity index (χ4v) is 8.20. The van der Waals surface area contributed by atoms with Gasteiger partial charge in [-0.2, -0.15) is 0 Å². The molecule has 1 aromatic heterocycles. The molecule has 65 heavy (non-hydrogen) atoms. The number of rotatable bonds is 23. The van der Waals surface area contributed by atoms with Gasteiger partial charge in [0.15, 0.2) is 11.3 Å².